The molecule has 0 spiro atoms. The molecule has 1 unspecified atom stereocenters. The van der Waals surface area contributed by atoms with Crippen LogP contribution in [-0.2, 0) is 16.0 Å². The Bertz CT molecular complexity index is 719. The molecule has 108 valence electrons. The van der Waals surface area contributed by atoms with E-state index in [0.717, 1.165) is 0 Å². The maximum absolute atomic E-state index is 12.3. The summed E-state index contributed by atoms with van der Waals surface area (Å²) in [6, 6.07) is 0. The van der Waals surface area contributed by atoms with Gasteiger partial charge in [-0.3, -0.25) is 0 Å². The highest BCUT2D eigenvalue weighted by atomic mass is 32.1. The first-order valence-corrected chi connectivity index (χ1v) is 7.28. The molecule has 0 N–H and O–H groups in total. The van der Waals surface area contributed by atoms with Crippen LogP contribution in [0.4, 0.5) is 0 Å². The number of ether oxygens (including phenoxy) is 2. The van der Waals surface area contributed by atoms with Gasteiger partial charge in [0.15, 0.2) is 5.79 Å². The van der Waals surface area contributed by atoms with E-state index in [-0.39, 0.29) is 23.1 Å². The highest BCUT2D eigenvalue weighted by Crippen LogP contribution is 2.23. The van der Waals surface area contributed by atoms with Crippen LogP contribution in [0.1, 0.15) is 19.4 Å². The maximum Gasteiger partial charge on any atom is 0.348 e. The van der Waals surface area contributed by atoms with E-state index in [1.54, 1.807) is 23.1 Å². The molecular weight excluding hydrogens is 280 g/mol. The van der Waals surface area contributed by atoms with E-state index in [0.29, 0.717) is 18.1 Å². The van der Waals surface area contributed by atoms with Gasteiger partial charge in [0.25, 0.3) is 0 Å². The Hall–Kier alpha value is -1.44. The van der Waals surface area contributed by atoms with Crippen LogP contribution in [0.5, 0.6) is 5.88 Å². The van der Waals surface area contributed by atoms with Crippen molar-refractivity contribution in [3.63, 3.8) is 0 Å². The fraction of sp³-hybridized carbons (Fsp3) is 0.538. The van der Waals surface area contributed by atoms with Gasteiger partial charge in [0.1, 0.15) is 18.8 Å². The van der Waals surface area contributed by atoms with Crippen molar-refractivity contribution >= 4 is 16.3 Å². The zero-order valence-corrected chi connectivity index (χ0v) is 12.4. The molecule has 1 atom stereocenters. The third-order valence-corrected chi connectivity index (χ3v) is 4.27. The largest absolute Gasteiger partial charge is 0.842 e. The van der Waals surface area contributed by atoms with E-state index in [4.69, 9.17) is 9.47 Å². The molecule has 0 aliphatic carbocycles. The molecule has 0 radical (unpaired) electrons. The predicted molar refractivity (Wildman–Crippen MR) is 70.8 cm³/mol. The number of hydrogen-bond donors (Lipinski definition) is 0. The third kappa shape index (κ3) is 2.11. The lowest BCUT2D eigenvalue weighted by molar-refractivity contribution is -0.720. The quantitative estimate of drug-likeness (QED) is 0.742. The molecule has 7 heteroatoms. The summed E-state index contributed by atoms with van der Waals surface area (Å²) in [5.74, 6) is -0.880. The Morgan fingerprint density at radius 3 is 3.00 bits per heavy atom. The summed E-state index contributed by atoms with van der Waals surface area (Å²) in [4.78, 5) is 12.6. The summed E-state index contributed by atoms with van der Waals surface area (Å²) in [6.45, 7) is 6.07. The van der Waals surface area contributed by atoms with Crippen LogP contribution < -0.4 is 15.2 Å². The molecule has 3 heterocycles. The molecule has 1 aliphatic heterocycles. The van der Waals surface area contributed by atoms with Crippen molar-refractivity contribution < 1.29 is 19.1 Å². The highest BCUT2D eigenvalue weighted by Gasteiger charge is 2.34. The lowest BCUT2D eigenvalue weighted by atomic mass is 10.3. The predicted octanol–water partition coefficient (Wildman–Crippen LogP) is 0.182. The second-order valence-electron chi connectivity index (χ2n) is 5.35. The Kier molecular flexibility index (Phi) is 3.07. The zero-order chi connectivity index (χ0) is 14.5. The zero-order valence-electron chi connectivity index (χ0n) is 11.6. The first-order valence-electron chi connectivity index (χ1n) is 6.40. The van der Waals surface area contributed by atoms with Gasteiger partial charge in [-0.2, -0.15) is 4.40 Å². The third-order valence-electron chi connectivity index (χ3n) is 3.38. The SMILES string of the molecule is Cc1c([O-])[n+](CC2COC(C)(C)O2)c2sccn2c1=O. The van der Waals surface area contributed by atoms with Gasteiger partial charge < -0.3 is 14.6 Å². The summed E-state index contributed by atoms with van der Waals surface area (Å²) in [5, 5.41) is 14.1. The molecule has 20 heavy (non-hydrogen) atoms. The first kappa shape index (κ1) is 13.5. The lowest BCUT2D eigenvalue weighted by Gasteiger charge is -2.18. The van der Waals surface area contributed by atoms with E-state index < -0.39 is 5.79 Å². The topological polar surface area (TPSA) is 66.9 Å². The minimum atomic E-state index is -0.622. The summed E-state index contributed by atoms with van der Waals surface area (Å²) in [7, 11) is 0. The molecule has 6 nitrogen and oxygen atoms in total. The fourth-order valence-electron chi connectivity index (χ4n) is 2.40. The van der Waals surface area contributed by atoms with Crippen molar-refractivity contribution in [2.24, 2.45) is 0 Å². The van der Waals surface area contributed by atoms with Crippen molar-refractivity contribution in [3.05, 3.63) is 27.5 Å². The molecular formula is C13H16N2O4S. The van der Waals surface area contributed by atoms with Gasteiger partial charge in [-0.15, -0.1) is 0 Å². The van der Waals surface area contributed by atoms with Crippen molar-refractivity contribution in [2.75, 3.05) is 6.61 Å². The van der Waals surface area contributed by atoms with Gasteiger partial charge in [0.2, 0.25) is 0 Å². The molecule has 2 aromatic rings. The van der Waals surface area contributed by atoms with Crippen LogP contribution in [0.3, 0.4) is 0 Å². The van der Waals surface area contributed by atoms with Crippen LogP contribution >= 0.6 is 11.3 Å². The molecule has 1 saturated heterocycles. The van der Waals surface area contributed by atoms with E-state index in [9.17, 15) is 9.90 Å². The maximum atomic E-state index is 12.3. The van der Waals surface area contributed by atoms with Gasteiger partial charge in [-0.05, 0) is 20.8 Å². The Labute approximate surface area is 119 Å². The standard InChI is InChI=1S/C13H16N2O4S/c1-8-10(16)14-4-5-20-12(14)15(11(8)17)6-9-7-18-13(2,3)19-9/h4-5,9H,6-7H2,1-3H3. The Morgan fingerprint density at radius 1 is 1.60 bits per heavy atom. The smallest absolute Gasteiger partial charge is 0.348 e. The van der Waals surface area contributed by atoms with Crippen molar-refractivity contribution in [2.45, 2.75) is 39.2 Å². The molecule has 1 fully saturated rings. The lowest BCUT2D eigenvalue weighted by Crippen LogP contribution is -2.47. The number of nitrogens with zero attached hydrogens (tertiary/aromatic N) is 2. The first-order chi connectivity index (χ1) is 9.39. The molecule has 1 aliphatic rings. The van der Waals surface area contributed by atoms with Crippen LogP contribution in [0, 0.1) is 6.92 Å². The number of aromatic nitrogens is 2. The molecule has 0 saturated carbocycles. The number of rotatable bonds is 2. The molecule has 0 amide bonds. The summed E-state index contributed by atoms with van der Waals surface area (Å²) in [5.41, 5.74) is -0.0366. The van der Waals surface area contributed by atoms with Gasteiger partial charge in [0.05, 0.1) is 18.1 Å². The van der Waals surface area contributed by atoms with Crippen molar-refractivity contribution in [1.82, 2.24) is 4.40 Å². The number of hydrogen-bond acceptors (Lipinski definition) is 5. The molecule has 0 aromatic carbocycles. The molecule has 0 bridgehead atoms. The normalized spacial score (nSPS) is 21.6. The average Bonchev–Trinajstić information content (AvgIpc) is 2.98. The number of fused-ring (bicyclic) bond motifs is 1. The Balaban J connectivity index is 2.04. The van der Waals surface area contributed by atoms with Crippen LogP contribution in [-0.4, -0.2) is 22.9 Å². The molecule has 2 aromatic heterocycles. The van der Waals surface area contributed by atoms with Gasteiger partial charge in [-0.1, -0.05) is 11.3 Å². The monoisotopic (exact) mass is 296 g/mol. The van der Waals surface area contributed by atoms with Crippen LogP contribution in [0.25, 0.3) is 4.96 Å². The van der Waals surface area contributed by atoms with Gasteiger partial charge in [-0.25, -0.2) is 9.36 Å². The second kappa shape index (κ2) is 4.54. The van der Waals surface area contributed by atoms with E-state index in [1.165, 1.54) is 15.7 Å². The fourth-order valence-corrected chi connectivity index (χ4v) is 3.25. The van der Waals surface area contributed by atoms with E-state index >= 15 is 0 Å². The summed E-state index contributed by atoms with van der Waals surface area (Å²) in [6.07, 6.45) is 1.49. The minimum Gasteiger partial charge on any atom is -0.842 e. The summed E-state index contributed by atoms with van der Waals surface area (Å²) < 4.78 is 14.3. The second-order valence-corrected chi connectivity index (χ2v) is 6.23. The summed E-state index contributed by atoms with van der Waals surface area (Å²) >= 11 is 1.36. The number of thiazole rings is 1. The van der Waals surface area contributed by atoms with Crippen LogP contribution in [0.2, 0.25) is 0 Å². The van der Waals surface area contributed by atoms with Gasteiger partial charge >= 0.3 is 10.5 Å². The minimum absolute atomic E-state index is 0.189. The van der Waals surface area contributed by atoms with E-state index in [1.807, 2.05) is 13.8 Å². The van der Waals surface area contributed by atoms with E-state index in [2.05, 4.69) is 0 Å². The van der Waals surface area contributed by atoms with Crippen molar-refractivity contribution in [3.8, 4) is 5.88 Å². The average molecular weight is 296 g/mol. The highest BCUT2D eigenvalue weighted by molar-refractivity contribution is 7.14. The molecule has 3 rings (SSSR count). The van der Waals surface area contributed by atoms with Gasteiger partial charge in [0, 0.05) is 5.38 Å². The van der Waals surface area contributed by atoms with Crippen molar-refractivity contribution in [1.29, 1.82) is 0 Å². The van der Waals surface area contributed by atoms with Crippen LogP contribution in [0.15, 0.2) is 16.4 Å². The Morgan fingerprint density at radius 2 is 2.35 bits per heavy atom.